The van der Waals surface area contributed by atoms with Gasteiger partial charge in [-0.05, 0) is 38.6 Å². The monoisotopic (exact) mass is 268 g/mol. The average Bonchev–Trinajstić information content (AvgIpc) is 2.61. The molecule has 0 aromatic rings. The summed E-state index contributed by atoms with van der Waals surface area (Å²) in [6.45, 7) is 11.7. The number of hydrogen-bond acceptors (Lipinski definition) is 2. The quantitative estimate of drug-likeness (QED) is 0.701. The first-order chi connectivity index (χ1) is 8.99. The van der Waals surface area contributed by atoms with E-state index in [9.17, 15) is 0 Å². The summed E-state index contributed by atoms with van der Waals surface area (Å²) in [6, 6.07) is 1.31. The normalized spacial score (nSPS) is 21.6. The number of nitrogens with zero attached hydrogens (tertiary/aromatic N) is 1. The zero-order valence-electron chi connectivity index (χ0n) is 14.0. The molecule has 0 amide bonds. The minimum atomic E-state index is 0.513. The summed E-state index contributed by atoms with van der Waals surface area (Å²) in [5.74, 6) is 0. The van der Waals surface area contributed by atoms with Crippen molar-refractivity contribution in [2.45, 2.75) is 84.7 Å². The van der Waals surface area contributed by atoms with E-state index in [2.05, 4.69) is 45.0 Å². The summed E-state index contributed by atoms with van der Waals surface area (Å²) < 4.78 is 0. The van der Waals surface area contributed by atoms with E-state index in [0.717, 1.165) is 0 Å². The number of rotatable bonds is 7. The maximum Gasteiger partial charge on any atom is 0.00614 e. The molecule has 0 aromatic carbocycles. The van der Waals surface area contributed by atoms with Crippen LogP contribution in [0.4, 0.5) is 0 Å². The van der Waals surface area contributed by atoms with E-state index in [0.29, 0.717) is 17.5 Å². The third kappa shape index (κ3) is 5.83. The molecule has 0 saturated heterocycles. The van der Waals surface area contributed by atoms with Crippen molar-refractivity contribution in [1.29, 1.82) is 0 Å². The molecule has 0 radical (unpaired) electrons. The highest BCUT2D eigenvalue weighted by atomic mass is 15.1. The molecule has 0 aromatic heterocycles. The summed E-state index contributed by atoms with van der Waals surface area (Å²) in [4.78, 5) is 2.59. The van der Waals surface area contributed by atoms with Crippen LogP contribution in [-0.2, 0) is 0 Å². The molecule has 0 spiro atoms. The van der Waals surface area contributed by atoms with Crippen molar-refractivity contribution >= 4 is 0 Å². The van der Waals surface area contributed by atoms with Gasteiger partial charge in [-0.2, -0.15) is 0 Å². The van der Waals surface area contributed by atoms with Crippen LogP contribution in [-0.4, -0.2) is 37.1 Å². The SMILES string of the molecule is CCC(C)N(C)CC1(CNC(C)C)CCCCCC1. The first-order valence-corrected chi connectivity index (χ1v) is 8.43. The lowest BCUT2D eigenvalue weighted by atomic mass is 9.79. The van der Waals surface area contributed by atoms with Gasteiger partial charge in [-0.15, -0.1) is 0 Å². The Morgan fingerprint density at radius 2 is 1.63 bits per heavy atom. The number of hydrogen-bond donors (Lipinski definition) is 1. The van der Waals surface area contributed by atoms with Crippen LogP contribution in [0, 0.1) is 5.41 Å². The minimum absolute atomic E-state index is 0.513. The van der Waals surface area contributed by atoms with Crippen LogP contribution < -0.4 is 5.32 Å². The van der Waals surface area contributed by atoms with Crippen molar-refractivity contribution in [3.8, 4) is 0 Å². The molecule has 19 heavy (non-hydrogen) atoms. The van der Waals surface area contributed by atoms with Gasteiger partial charge in [0.05, 0.1) is 0 Å². The van der Waals surface area contributed by atoms with E-state index in [1.807, 2.05) is 0 Å². The maximum atomic E-state index is 3.72. The summed E-state index contributed by atoms with van der Waals surface area (Å²) in [5, 5.41) is 3.72. The summed E-state index contributed by atoms with van der Waals surface area (Å²) in [6.07, 6.45) is 9.81. The second-order valence-electron chi connectivity index (χ2n) is 7.12. The van der Waals surface area contributed by atoms with Crippen molar-refractivity contribution in [3.63, 3.8) is 0 Å². The topological polar surface area (TPSA) is 15.3 Å². The van der Waals surface area contributed by atoms with E-state index in [1.165, 1.54) is 58.0 Å². The van der Waals surface area contributed by atoms with Crippen molar-refractivity contribution in [2.75, 3.05) is 20.1 Å². The van der Waals surface area contributed by atoms with Crippen molar-refractivity contribution in [3.05, 3.63) is 0 Å². The summed E-state index contributed by atoms with van der Waals surface area (Å²) in [7, 11) is 2.32. The van der Waals surface area contributed by atoms with Gasteiger partial charge in [-0.3, -0.25) is 0 Å². The van der Waals surface area contributed by atoms with E-state index in [1.54, 1.807) is 0 Å². The van der Waals surface area contributed by atoms with E-state index in [4.69, 9.17) is 0 Å². The predicted molar refractivity (Wildman–Crippen MR) is 85.7 cm³/mol. The molecule has 1 aliphatic carbocycles. The second-order valence-corrected chi connectivity index (χ2v) is 7.12. The lowest BCUT2D eigenvalue weighted by Crippen LogP contribution is -2.46. The highest BCUT2D eigenvalue weighted by Gasteiger charge is 2.32. The van der Waals surface area contributed by atoms with Crippen LogP contribution in [0.5, 0.6) is 0 Å². The first-order valence-electron chi connectivity index (χ1n) is 8.43. The fourth-order valence-corrected chi connectivity index (χ4v) is 3.29. The fraction of sp³-hybridized carbons (Fsp3) is 1.00. The molecule has 1 rings (SSSR count). The Morgan fingerprint density at radius 3 is 2.11 bits per heavy atom. The minimum Gasteiger partial charge on any atom is -0.314 e. The molecule has 1 unspecified atom stereocenters. The Labute approximate surface area is 121 Å². The van der Waals surface area contributed by atoms with Crippen molar-refractivity contribution in [2.24, 2.45) is 5.41 Å². The Morgan fingerprint density at radius 1 is 1.05 bits per heavy atom. The predicted octanol–water partition coefficient (Wildman–Crippen LogP) is 4.06. The molecule has 0 bridgehead atoms. The standard InChI is InChI=1S/C17H36N2/c1-6-16(4)19(5)14-17(13-18-15(2)3)11-9-7-8-10-12-17/h15-16,18H,6-14H2,1-5H3. The second kappa shape index (κ2) is 8.26. The zero-order valence-corrected chi connectivity index (χ0v) is 14.0. The van der Waals surface area contributed by atoms with E-state index >= 15 is 0 Å². The first kappa shape index (κ1) is 17.0. The van der Waals surface area contributed by atoms with Gasteiger partial charge in [0.2, 0.25) is 0 Å². The van der Waals surface area contributed by atoms with Crippen LogP contribution in [0.25, 0.3) is 0 Å². The zero-order chi connectivity index (χ0) is 14.3. The van der Waals surface area contributed by atoms with Gasteiger partial charge in [0.25, 0.3) is 0 Å². The van der Waals surface area contributed by atoms with Gasteiger partial charge in [-0.25, -0.2) is 0 Å². The molecule has 1 atom stereocenters. The molecule has 2 nitrogen and oxygen atoms in total. The van der Waals surface area contributed by atoms with Crippen LogP contribution in [0.15, 0.2) is 0 Å². The Kier molecular flexibility index (Phi) is 7.38. The highest BCUT2D eigenvalue weighted by Crippen LogP contribution is 2.35. The van der Waals surface area contributed by atoms with Crippen LogP contribution in [0.3, 0.4) is 0 Å². The highest BCUT2D eigenvalue weighted by molar-refractivity contribution is 4.87. The van der Waals surface area contributed by atoms with Crippen molar-refractivity contribution < 1.29 is 0 Å². The number of nitrogens with one attached hydrogen (secondary N) is 1. The molecular formula is C17H36N2. The lowest BCUT2D eigenvalue weighted by molar-refractivity contribution is 0.116. The molecule has 1 fully saturated rings. The Balaban J connectivity index is 2.66. The average molecular weight is 268 g/mol. The molecule has 1 N–H and O–H groups in total. The Hall–Kier alpha value is -0.0800. The largest absolute Gasteiger partial charge is 0.314 e. The molecule has 0 heterocycles. The van der Waals surface area contributed by atoms with Gasteiger partial charge in [-0.1, -0.05) is 46.5 Å². The van der Waals surface area contributed by atoms with E-state index < -0.39 is 0 Å². The van der Waals surface area contributed by atoms with Gasteiger partial charge in [0, 0.05) is 25.2 Å². The third-order valence-corrected chi connectivity index (χ3v) is 4.98. The maximum absolute atomic E-state index is 3.72. The van der Waals surface area contributed by atoms with Crippen LogP contribution >= 0.6 is 0 Å². The van der Waals surface area contributed by atoms with Gasteiger partial charge in [0.15, 0.2) is 0 Å². The Bertz CT molecular complexity index is 229. The molecule has 1 aliphatic rings. The van der Waals surface area contributed by atoms with Crippen molar-refractivity contribution in [1.82, 2.24) is 10.2 Å². The molecule has 0 aliphatic heterocycles. The molecular weight excluding hydrogens is 232 g/mol. The van der Waals surface area contributed by atoms with Crippen LogP contribution in [0.2, 0.25) is 0 Å². The van der Waals surface area contributed by atoms with E-state index in [-0.39, 0.29) is 0 Å². The smallest absolute Gasteiger partial charge is 0.00614 e. The summed E-state index contributed by atoms with van der Waals surface area (Å²) in [5.41, 5.74) is 0.513. The molecule has 1 saturated carbocycles. The molecule has 114 valence electrons. The van der Waals surface area contributed by atoms with Gasteiger partial charge < -0.3 is 10.2 Å². The molecule has 2 heteroatoms. The lowest BCUT2D eigenvalue weighted by Gasteiger charge is -2.39. The third-order valence-electron chi connectivity index (χ3n) is 4.98. The van der Waals surface area contributed by atoms with Gasteiger partial charge >= 0.3 is 0 Å². The summed E-state index contributed by atoms with van der Waals surface area (Å²) >= 11 is 0. The fourth-order valence-electron chi connectivity index (χ4n) is 3.29. The van der Waals surface area contributed by atoms with Crippen LogP contribution in [0.1, 0.15) is 72.6 Å². The van der Waals surface area contributed by atoms with Gasteiger partial charge in [0.1, 0.15) is 0 Å².